The number of rotatable bonds is 1. The van der Waals surface area contributed by atoms with Crippen LogP contribution in [0.5, 0.6) is 0 Å². The normalized spacial score (nSPS) is 25.2. The molecule has 3 nitrogen and oxygen atoms in total. The molecule has 2 atom stereocenters. The first-order valence-electron chi connectivity index (χ1n) is 5.03. The molecule has 1 aromatic rings. The van der Waals surface area contributed by atoms with Crippen molar-refractivity contribution in [3.63, 3.8) is 0 Å². The van der Waals surface area contributed by atoms with Gasteiger partial charge >= 0.3 is 0 Å². The van der Waals surface area contributed by atoms with E-state index in [-0.39, 0.29) is 18.0 Å². The molecule has 0 aliphatic carbocycles. The Kier molecular flexibility index (Phi) is 3.10. The molecule has 2 N–H and O–H groups in total. The zero-order valence-corrected chi connectivity index (χ0v) is 10.3. The fourth-order valence-corrected chi connectivity index (χ4v) is 2.46. The van der Waals surface area contributed by atoms with Gasteiger partial charge in [0.1, 0.15) is 0 Å². The van der Waals surface area contributed by atoms with Crippen LogP contribution in [0, 0.1) is 0 Å². The van der Waals surface area contributed by atoms with Crippen molar-refractivity contribution in [3.05, 3.63) is 28.2 Å². The molecule has 1 amide bonds. The van der Waals surface area contributed by atoms with E-state index in [4.69, 9.17) is 28.9 Å². The van der Waals surface area contributed by atoms with E-state index in [2.05, 4.69) is 0 Å². The summed E-state index contributed by atoms with van der Waals surface area (Å²) < 4.78 is 0. The second-order valence-corrected chi connectivity index (χ2v) is 4.87. The third-order valence-corrected chi connectivity index (χ3v) is 3.27. The second-order valence-electron chi connectivity index (χ2n) is 4.00. The van der Waals surface area contributed by atoms with Crippen molar-refractivity contribution in [2.75, 3.05) is 4.90 Å². The fourth-order valence-electron chi connectivity index (χ4n) is 1.95. The Hall–Kier alpha value is -0.770. The summed E-state index contributed by atoms with van der Waals surface area (Å²) in [5.41, 5.74) is 6.56. The van der Waals surface area contributed by atoms with Gasteiger partial charge in [-0.3, -0.25) is 4.79 Å². The smallest absolute Gasteiger partial charge is 0.228 e. The van der Waals surface area contributed by atoms with Gasteiger partial charge in [-0.2, -0.15) is 0 Å². The van der Waals surface area contributed by atoms with Crippen LogP contribution in [-0.4, -0.2) is 18.0 Å². The van der Waals surface area contributed by atoms with E-state index in [1.165, 1.54) is 0 Å². The molecular formula is C11H12Cl2N2O. The first kappa shape index (κ1) is 11.7. The number of amides is 1. The van der Waals surface area contributed by atoms with Gasteiger partial charge in [0.05, 0.1) is 0 Å². The van der Waals surface area contributed by atoms with E-state index in [0.29, 0.717) is 22.2 Å². The minimum absolute atomic E-state index is 0.0123. The van der Waals surface area contributed by atoms with Gasteiger partial charge in [-0.25, -0.2) is 0 Å². The highest BCUT2D eigenvalue weighted by Gasteiger charge is 2.35. The van der Waals surface area contributed by atoms with Crippen LogP contribution < -0.4 is 10.6 Å². The molecule has 16 heavy (non-hydrogen) atoms. The third kappa shape index (κ3) is 2.03. The molecule has 5 heteroatoms. The van der Waals surface area contributed by atoms with Gasteiger partial charge in [0.25, 0.3) is 0 Å². The largest absolute Gasteiger partial charge is 0.325 e. The van der Waals surface area contributed by atoms with E-state index in [0.717, 1.165) is 0 Å². The summed E-state index contributed by atoms with van der Waals surface area (Å²) in [5.74, 6) is 0.0123. The molecule has 0 saturated carbocycles. The highest BCUT2D eigenvalue weighted by Crippen LogP contribution is 2.30. The molecule has 0 spiro atoms. The number of benzene rings is 1. The lowest BCUT2D eigenvalue weighted by atomic mass is 10.1. The summed E-state index contributed by atoms with van der Waals surface area (Å²) in [6.07, 6.45) is 0.366. The Balaban J connectivity index is 2.40. The Labute approximate surface area is 104 Å². The first-order chi connectivity index (χ1) is 7.49. The van der Waals surface area contributed by atoms with Crippen LogP contribution in [0.4, 0.5) is 5.69 Å². The van der Waals surface area contributed by atoms with E-state index >= 15 is 0 Å². The molecule has 1 aliphatic heterocycles. The highest BCUT2D eigenvalue weighted by molar-refractivity contribution is 6.35. The van der Waals surface area contributed by atoms with Gasteiger partial charge in [-0.1, -0.05) is 23.2 Å². The predicted octanol–water partition coefficient (Wildman–Crippen LogP) is 2.45. The van der Waals surface area contributed by atoms with Crippen molar-refractivity contribution in [1.82, 2.24) is 0 Å². The van der Waals surface area contributed by atoms with Gasteiger partial charge < -0.3 is 10.6 Å². The van der Waals surface area contributed by atoms with Crippen molar-refractivity contribution in [2.24, 2.45) is 5.73 Å². The van der Waals surface area contributed by atoms with Crippen LogP contribution in [0.3, 0.4) is 0 Å². The van der Waals surface area contributed by atoms with Crippen molar-refractivity contribution >= 4 is 34.8 Å². The molecule has 0 radical (unpaired) electrons. The van der Waals surface area contributed by atoms with Crippen LogP contribution in [0.1, 0.15) is 13.3 Å². The Morgan fingerprint density at radius 3 is 2.31 bits per heavy atom. The zero-order valence-electron chi connectivity index (χ0n) is 8.78. The Morgan fingerprint density at radius 1 is 1.31 bits per heavy atom. The molecule has 0 bridgehead atoms. The molecule has 1 aromatic carbocycles. The molecule has 86 valence electrons. The number of carbonyl (C=O) groups is 1. The zero-order chi connectivity index (χ0) is 11.9. The predicted molar refractivity (Wildman–Crippen MR) is 66.0 cm³/mol. The van der Waals surface area contributed by atoms with Crippen molar-refractivity contribution in [1.29, 1.82) is 0 Å². The molecule has 1 fully saturated rings. The number of carbonyl (C=O) groups excluding carboxylic acids is 1. The fraction of sp³-hybridized carbons (Fsp3) is 0.364. The molecule has 1 saturated heterocycles. The van der Waals surface area contributed by atoms with Crippen LogP contribution in [0.2, 0.25) is 10.0 Å². The van der Waals surface area contributed by atoms with Crippen LogP contribution >= 0.6 is 23.2 Å². The number of hydrogen-bond donors (Lipinski definition) is 1. The quantitative estimate of drug-likeness (QED) is 0.841. The minimum Gasteiger partial charge on any atom is -0.325 e. The Morgan fingerprint density at radius 2 is 1.88 bits per heavy atom. The first-order valence-corrected chi connectivity index (χ1v) is 5.78. The van der Waals surface area contributed by atoms with Gasteiger partial charge in [0.2, 0.25) is 5.91 Å². The summed E-state index contributed by atoms with van der Waals surface area (Å²) in [6, 6.07) is 4.92. The number of nitrogens with zero attached hydrogens (tertiary/aromatic N) is 1. The molecule has 1 heterocycles. The number of anilines is 1. The maximum absolute atomic E-state index is 11.8. The van der Waals surface area contributed by atoms with Crippen LogP contribution in [0.25, 0.3) is 0 Å². The number of nitrogens with two attached hydrogens (primary N) is 1. The van der Waals surface area contributed by atoms with Crippen molar-refractivity contribution in [3.8, 4) is 0 Å². The second kappa shape index (κ2) is 4.24. The molecule has 1 aliphatic rings. The Bertz CT molecular complexity index is 416. The topological polar surface area (TPSA) is 46.3 Å². The SMILES string of the molecule is CC1C(N)CC(=O)N1c1cc(Cl)cc(Cl)c1. The average molecular weight is 259 g/mol. The minimum atomic E-state index is -0.134. The molecule has 2 unspecified atom stereocenters. The van der Waals surface area contributed by atoms with E-state index in [1.54, 1.807) is 23.1 Å². The lowest BCUT2D eigenvalue weighted by Gasteiger charge is -2.23. The summed E-state index contributed by atoms with van der Waals surface area (Å²) >= 11 is 11.8. The molecule has 0 aromatic heterocycles. The van der Waals surface area contributed by atoms with Gasteiger partial charge in [0.15, 0.2) is 0 Å². The van der Waals surface area contributed by atoms with Crippen LogP contribution in [-0.2, 0) is 4.79 Å². The number of hydrogen-bond acceptors (Lipinski definition) is 2. The lowest BCUT2D eigenvalue weighted by Crippen LogP contribution is -2.37. The van der Waals surface area contributed by atoms with Crippen molar-refractivity contribution < 1.29 is 4.79 Å². The summed E-state index contributed by atoms with van der Waals surface area (Å²) in [7, 11) is 0. The van der Waals surface area contributed by atoms with E-state index < -0.39 is 0 Å². The van der Waals surface area contributed by atoms with Gasteiger partial charge in [-0.05, 0) is 25.1 Å². The maximum atomic E-state index is 11.8. The highest BCUT2D eigenvalue weighted by atomic mass is 35.5. The monoisotopic (exact) mass is 258 g/mol. The van der Waals surface area contributed by atoms with Gasteiger partial charge in [0, 0.05) is 34.2 Å². The molecular weight excluding hydrogens is 247 g/mol. The van der Waals surface area contributed by atoms with Crippen LogP contribution in [0.15, 0.2) is 18.2 Å². The summed E-state index contributed by atoms with van der Waals surface area (Å²) in [5, 5.41) is 1.03. The van der Waals surface area contributed by atoms with E-state index in [9.17, 15) is 4.79 Å². The number of halogens is 2. The lowest BCUT2D eigenvalue weighted by molar-refractivity contribution is -0.117. The summed E-state index contributed by atoms with van der Waals surface area (Å²) in [6.45, 7) is 1.92. The van der Waals surface area contributed by atoms with Crippen molar-refractivity contribution in [2.45, 2.75) is 25.4 Å². The summed E-state index contributed by atoms with van der Waals surface area (Å²) in [4.78, 5) is 13.4. The average Bonchev–Trinajstić information content (AvgIpc) is 2.39. The molecule has 2 rings (SSSR count). The van der Waals surface area contributed by atoms with E-state index in [1.807, 2.05) is 6.92 Å². The van der Waals surface area contributed by atoms with Gasteiger partial charge in [-0.15, -0.1) is 0 Å². The maximum Gasteiger partial charge on any atom is 0.228 e. The standard InChI is InChI=1S/C11H12Cl2N2O/c1-6-10(14)5-11(16)15(6)9-3-7(12)2-8(13)4-9/h2-4,6,10H,5,14H2,1H3. The third-order valence-electron chi connectivity index (χ3n) is 2.83.